The van der Waals surface area contributed by atoms with E-state index < -0.39 is 8.07 Å². The van der Waals surface area contributed by atoms with Crippen molar-refractivity contribution in [1.82, 2.24) is 9.13 Å². The van der Waals surface area contributed by atoms with Gasteiger partial charge in [0.1, 0.15) is 0 Å². The zero-order valence-corrected chi connectivity index (χ0v) is 35.6. The lowest BCUT2D eigenvalue weighted by atomic mass is 9.95. The zero-order chi connectivity index (χ0) is 41.7. The molecule has 2 aromatic heterocycles. The van der Waals surface area contributed by atoms with Gasteiger partial charge in [0.25, 0.3) is 0 Å². The van der Waals surface area contributed by atoms with Crippen LogP contribution in [0, 0.1) is 0 Å². The fourth-order valence-corrected chi connectivity index (χ4v) is 15.2. The number of hydrogen-bond acceptors (Lipinski definition) is 0. The molecule has 0 saturated heterocycles. The first-order valence-corrected chi connectivity index (χ1v) is 23.8. The van der Waals surface area contributed by atoms with Gasteiger partial charge in [-0.1, -0.05) is 224 Å². The minimum atomic E-state index is -2.95. The summed E-state index contributed by atoms with van der Waals surface area (Å²) >= 11 is 0. The van der Waals surface area contributed by atoms with E-state index in [4.69, 9.17) is 0 Å². The monoisotopic (exact) mass is 818 g/mol. The second-order valence-electron chi connectivity index (χ2n) is 16.4. The van der Waals surface area contributed by atoms with Crippen LogP contribution in [0.3, 0.4) is 0 Å². The maximum absolute atomic E-state index is 2.95. The Kier molecular flexibility index (Phi) is 8.87. The van der Waals surface area contributed by atoms with E-state index in [0.29, 0.717) is 0 Å². The Morgan fingerprint density at radius 3 is 1.03 bits per heavy atom. The Morgan fingerprint density at radius 2 is 0.603 bits per heavy atom. The first-order chi connectivity index (χ1) is 31.3. The highest BCUT2D eigenvalue weighted by Gasteiger charge is 2.42. The molecule has 0 aliphatic carbocycles. The van der Waals surface area contributed by atoms with E-state index in [9.17, 15) is 0 Å². The lowest BCUT2D eigenvalue weighted by Gasteiger charge is -2.36. The summed E-state index contributed by atoms with van der Waals surface area (Å²) in [7, 11) is -2.95. The van der Waals surface area contributed by atoms with Crippen LogP contribution in [0.25, 0.3) is 77.2 Å². The third-order valence-electron chi connectivity index (χ3n) is 13.1. The van der Waals surface area contributed by atoms with Gasteiger partial charge in [-0.15, -0.1) is 0 Å². The molecule has 0 amide bonds. The predicted molar refractivity (Wildman–Crippen MR) is 270 cm³/mol. The number of hydrogen-bond donors (Lipinski definition) is 0. The number of benzene rings is 10. The van der Waals surface area contributed by atoms with Gasteiger partial charge >= 0.3 is 0 Å². The third-order valence-corrected chi connectivity index (χ3v) is 17.8. The molecule has 2 nitrogen and oxygen atoms in total. The molecule has 0 spiro atoms. The van der Waals surface area contributed by atoms with Crippen molar-refractivity contribution < 1.29 is 0 Å². The Balaban J connectivity index is 1.25. The van der Waals surface area contributed by atoms with E-state index in [-0.39, 0.29) is 0 Å². The van der Waals surface area contributed by atoms with E-state index in [0.717, 1.165) is 11.2 Å². The molecular formula is C60H42N2Si. The first-order valence-electron chi connectivity index (χ1n) is 21.8. The lowest BCUT2D eigenvalue weighted by Crippen LogP contribution is -2.74. The second kappa shape index (κ2) is 15.2. The lowest BCUT2D eigenvalue weighted by molar-refractivity contribution is 1.16. The Hall–Kier alpha value is -7.98. The molecule has 10 aromatic carbocycles. The molecule has 12 rings (SSSR count). The topological polar surface area (TPSA) is 9.86 Å². The van der Waals surface area contributed by atoms with Crippen molar-refractivity contribution >= 4 is 72.4 Å². The Morgan fingerprint density at radius 1 is 0.254 bits per heavy atom. The summed E-state index contributed by atoms with van der Waals surface area (Å²) in [6, 6.07) is 94.6. The molecule has 0 atom stereocenters. The van der Waals surface area contributed by atoms with Crippen molar-refractivity contribution in [3.8, 4) is 33.6 Å². The number of fused-ring (bicyclic) bond motifs is 6. The maximum atomic E-state index is 2.56. The van der Waals surface area contributed by atoms with Crippen molar-refractivity contribution in [1.29, 1.82) is 0 Å². The van der Waals surface area contributed by atoms with Crippen molar-refractivity contribution in [3.63, 3.8) is 0 Å². The molecule has 0 aliphatic heterocycles. The summed E-state index contributed by atoms with van der Waals surface area (Å²) < 4.78 is 5.00. The van der Waals surface area contributed by atoms with Gasteiger partial charge in [-0.3, -0.25) is 0 Å². The van der Waals surface area contributed by atoms with Gasteiger partial charge in [-0.2, -0.15) is 0 Å². The standard InChI is InChI=1S/C60H42N2Si/c1-6-22-43(23-7-1)54-41-49(63(46-26-10-3-11-27-46,47-28-12-4-13-29-47)48-30-14-5-15-31-48)42-55(44-24-8-2-9-25-44)60(54)62-58-37-21-18-34-52(58)53-39-38-45(40-59(53)62)61-56-35-19-16-32-50(56)51-33-17-20-36-57(51)61/h1-42H. The van der Waals surface area contributed by atoms with Crippen LogP contribution in [0.2, 0.25) is 0 Å². The predicted octanol–water partition coefficient (Wildman–Crippen LogP) is 12.6. The van der Waals surface area contributed by atoms with Crippen LogP contribution in [0.15, 0.2) is 255 Å². The smallest absolute Gasteiger partial charge is 0.179 e. The van der Waals surface area contributed by atoms with Crippen LogP contribution in [0.1, 0.15) is 0 Å². The number of aromatic nitrogens is 2. The van der Waals surface area contributed by atoms with Gasteiger partial charge in [0.2, 0.25) is 0 Å². The number of nitrogens with zero attached hydrogens (tertiary/aromatic N) is 2. The molecule has 0 radical (unpaired) electrons. The SMILES string of the molecule is c1ccc(-c2cc([Si](c3ccccc3)(c3ccccc3)c3ccccc3)cc(-c3ccccc3)c2-n2c3ccccc3c3ccc(-n4c5ccccc5c5ccccc54)cc32)cc1. The minimum Gasteiger partial charge on any atom is -0.309 e. The fraction of sp³-hybridized carbons (Fsp3) is 0. The normalized spacial score (nSPS) is 11.8. The van der Waals surface area contributed by atoms with E-state index in [2.05, 4.69) is 264 Å². The highest BCUT2D eigenvalue weighted by Crippen LogP contribution is 2.42. The summed E-state index contributed by atoms with van der Waals surface area (Å²) in [5.41, 5.74) is 11.8. The fourth-order valence-electron chi connectivity index (χ4n) is 10.4. The van der Waals surface area contributed by atoms with Gasteiger partial charge in [-0.25, -0.2) is 0 Å². The van der Waals surface area contributed by atoms with E-state index in [1.54, 1.807) is 0 Å². The first kappa shape index (κ1) is 36.8. The van der Waals surface area contributed by atoms with Crippen molar-refractivity contribution in [2.75, 3.05) is 0 Å². The molecule has 12 aromatic rings. The molecule has 0 unspecified atom stereocenters. The van der Waals surface area contributed by atoms with E-state index in [1.165, 1.54) is 86.8 Å². The molecular weight excluding hydrogens is 777 g/mol. The highest BCUT2D eigenvalue weighted by molar-refractivity contribution is 7.20. The molecule has 0 aliphatic rings. The van der Waals surface area contributed by atoms with Crippen LogP contribution >= 0.6 is 0 Å². The van der Waals surface area contributed by atoms with E-state index >= 15 is 0 Å². The molecule has 296 valence electrons. The highest BCUT2D eigenvalue weighted by atomic mass is 28.3. The molecule has 0 bridgehead atoms. The van der Waals surface area contributed by atoms with Gasteiger partial charge in [0, 0.05) is 38.4 Å². The van der Waals surface area contributed by atoms with E-state index in [1.807, 2.05) is 0 Å². The Bertz CT molecular complexity index is 3380. The zero-order valence-electron chi connectivity index (χ0n) is 34.6. The molecule has 0 N–H and O–H groups in total. The second-order valence-corrected chi connectivity index (χ2v) is 20.2. The largest absolute Gasteiger partial charge is 0.309 e. The van der Waals surface area contributed by atoms with Gasteiger partial charge < -0.3 is 9.13 Å². The van der Waals surface area contributed by atoms with Gasteiger partial charge in [0.05, 0.1) is 27.8 Å². The molecule has 0 fully saturated rings. The number of para-hydroxylation sites is 3. The van der Waals surface area contributed by atoms with Crippen molar-refractivity contribution in [3.05, 3.63) is 255 Å². The van der Waals surface area contributed by atoms with Crippen molar-refractivity contribution in [2.45, 2.75) is 0 Å². The maximum Gasteiger partial charge on any atom is 0.179 e. The summed E-state index contributed by atoms with van der Waals surface area (Å²) in [6.45, 7) is 0. The molecule has 63 heavy (non-hydrogen) atoms. The van der Waals surface area contributed by atoms with Crippen LogP contribution in [-0.2, 0) is 0 Å². The van der Waals surface area contributed by atoms with Crippen molar-refractivity contribution in [2.24, 2.45) is 0 Å². The van der Waals surface area contributed by atoms with Crippen LogP contribution in [0.4, 0.5) is 0 Å². The number of rotatable bonds is 8. The molecule has 2 heterocycles. The average molecular weight is 819 g/mol. The summed E-state index contributed by atoms with van der Waals surface area (Å²) in [6.07, 6.45) is 0. The van der Waals surface area contributed by atoms with Crippen LogP contribution < -0.4 is 20.7 Å². The summed E-state index contributed by atoms with van der Waals surface area (Å²) in [4.78, 5) is 0. The van der Waals surface area contributed by atoms with Crippen LogP contribution in [-0.4, -0.2) is 17.2 Å². The molecule has 0 saturated carbocycles. The van der Waals surface area contributed by atoms with Crippen LogP contribution in [0.5, 0.6) is 0 Å². The third kappa shape index (κ3) is 5.85. The summed E-state index contributed by atoms with van der Waals surface area (Å²) in [5.74, 6) is 0. The summed E-state index contributed by atoms with van der Waals surface area (Å²) in [5, 5.41) is 10.3. The quantitative estimate of drug-likeness (QED) is 0.107. The Labute approximate surface area is 368 Å². The minimum absolute atomic E-state index is 1.13. The van der Waals surface area contributed by atoms with Gasteiger partial charge in [-0.05, 0) is 62.2 Å². The molecule has 3 heteroatoms. The van der Waals surface area contributed by atoms with Gasteiger partial charge in [0.15, 0.2) is 8.07 Å². The average Bonchev–Trinajstić information content (AvgIpc) is 3.88.